The molecular formula is C28H37ClN2O5. The Morgan fingerprint density at radius 3 is 2.69 bits per heavy atom. The molecule has 1 fully saturated rings. The zero-order valence-electron chi connectivity index (χ0n) is 21.0. The van der Waals surface area contributed by atoms with E-state index in [0.29, 0.717) is 16.8 Å². The Bertz CT molecular complexity index is 1010. The number of amides is 1. The maximum Gasteiger partial charge on any atom is 0.263 e. The number of piperidine rings is 1. The van der Waals surface area contributed by atoms with Crippen LogP contribution in [0.3, 0.4) is 0 Å². The van der Waals surface area contributed by atoms with Gasteiger partial charge in [0.15, 0.2) is 6.61 Å². The van der Waals surface area contributed by atoms with Gasteiger partial charge in [-0.25, -0.2) is 0 Å². The Balaban J connectivity index is 1.90. The maximum atomic E-state index is 12.5. The number of likely N-dealkylation sites (tertiary alicyclic amines) is 1. The molecule has 1 aromatic carbocycles. The lowest BCUT2D eigenvalue weighted by Gasteiger charge is -2.26. The first-order chi connectivity index (χ1) is 17.4. The predicted molar refractivity (Wildman–Crippen MR) is 143 cm³/mol. The fourth-order valence-electron chi connectivity index (χ4n) is 4.45. The minimum Gasteiger partial charge on any atom is -0.507 e. The van der Waals surface area contributed by atoms with Gasteiger partial charge in [-0.1, -0.05) is 54.9 Å². The number of hydrogen-bond donors (Lipinski definition) is 2. The third-order valence-electron chi connectivity index (χ3n) is 6.33. The molecule has 2 aliphatic rings. The number of carbonyl (C=O) groups is 1. The van der Waals surface area contributed by atoms with Crippen LogP contribution in [0.15, 0.2) is 42.1 Å². The summed E-state index contributed by atoms with van der Waals surface area (Å²) in [6, 6.07) is 1.19. The summed E-state index contributed by atoms with van der Waals surface area (Å²) in [6.45, 7) is 7.49. The smallest absolute Gasteiger partial charge is 0.263 e. The molecule has 2 aliphatic heterocycles. The van der Waals surface area contributed by atoms with Crippen molar-refractivity contribution >= 4 is 29.0 Å². The molecule has 3 rings (SSSR count). The number of nitrogens with zero attached hydrogens (tertiary/aromatic N) is 2. The van der Waals surface area contributed by atoms with Crippen molar-refractivity contribution in [1.82, 2.24) is 4.90 Å². The lowest BCUT2D eigenvalue weighted by Crippen LogP contribution is -2.37. The fraction of sp³-hybridized carbons (Fsp3) is 0.500. The van der Waals surface area contributed by atoms with Gasteiger partial charge in [0.2, 0.25) is 0 Å². The second-order valence-corrected chi connectivity index (χ2v) is 9.57. The van der Waals surface area contributed by atoms with Gasteiger partial charge in [0, 0.05) is 32.0 Å². The SMILES string of the molecule is C=C1OC(CCC)C/C=C/CC/C=C/C(=N/OCC(=O)N2CCCCC2)Cc2c(Cl)c(O)cc(O)c21. The molecule has 0 spiro atoms. The summed E-state index contributed by atoms with van der Waals surface area (Å²) in [7, 11) is 0. The van der Waals surface area contributed by atoms with E-state index in [1.54, 1.807) is 4.90 Å². The van der Waals surface area contributed by atoms with Gasteiger partial charge in [-0.2, -0.15) is 0 Å². The van der Waals surface area contributed by atoms with Crippen LogP contribution in [0.1, 0.15) is 69.4 Å². The number of oxime groups is 1. The fourth-order valence-corrected chi connectivity index (χ4v) is 4.67. The van der Waals surface area contributed by atoms with Crippen molar-refractivity contribution in [3.8, 4) is 11.5 Å². The molecule has 1 amide bonds. The average molecular weight is 517 g/mol. The Kier molecular flexibility index (Phi) is 10.7. The van der Waals surface area contributed by atoms with E-state index in [-0.39, 0.29) is 47.3 Å². The topological polar surface area (TPSA) is 91.6 Å². The first-order valence-electron chi connectivity index (χ1n) is 12.8. The third kappa shape index (κ3) is 7.79. The van der Waals surface area contributed by atoms with Crippen molar-refractivity contribution in [2.45, 2.75) is 70.8 Å². The van der Waals surface area contributed by atoms with E-state index in [4.69, 9.17) is 21.2 Å². The highest BCUT2D eigenvalue weighted by atomic mass is 35.5. The summed E-state index contributed by atoms with van der Waals surface area (Å²) >= 11 is 6.50. The normalized spacial score (nSPS) is 22.3. The molecule has 0 aliphatic carbocycles. The largest absolute Gasteiger partial charge is 0.507 e. The Labute approximate surface area is 218 Å². The number of phenols is 2. The third-order valence-corrected chi connectivity index (χ3v) is 6.75. The molecule has 0 saturated carbocycles. The molecule has 0 radical (unpaired) electrons. The lowest BCUT2D eigenvalue weighted by atomic mass is 9.98. The van der Waals surface area contributed by atoms with Crippen LogP contribution >= 0.6 is 11.6 Å². The number of ether oxygens (including phenoxy) is 1. The van der Waals surface area contributed by atoms with Crippen molar-refractivity contribution in [1.29, 1.82) is 0 Å². The highest BCUT2D eigenvalue weighted by Gasteiger charge is 2.23. The second kappa shape index (κ2) is 14.0. The van der Waals surface area contributed by atoms with Gasteiger partial charge in [-0.3, -0.25) is 4.79 Å². The van der Waals surface area contributed by atoms with Crippen molar-refractivity contribution in [3.05, 3.63) is 53.1 Å². The Morgan fingerprint density at radius 2 is 1.94 bits per heavy atom. The molecule has 196 valence electrons. The van der Waals surface area contributed by atoms with Crippen molar-refractivity contribution in [2.75, 3.05) is 19.7 Å². The van der Waals surface area contributed by atoms with Crippen LogP contribution in [-0.2, 0) is 20.8 Å². The standard InChI is InChI=1S/C28H37ClN2O5/c1-3-12-22-14-9-6-4-5-8-13-21(30-35-19-26(34)31-15-10-7-11-16-31)17-23-27(20(2)36-22)24(32)18-25(33)28(23)29/h6,8-9,13,18,22,32-33H,2-5,7,10-12,14-17,19H2,1H3/b9-6+,13-8+,30-21-. The van der Waals surface area contributed by atoms with E-state index >= 15 is 0 Å². The Morgan fingerprint density at radius 1 is 1.19 bits per heavy atom. The summed E-state index contributed by atoms with van der Waals surface area (Å²) in [4.78, 5) is 19.7. The van der Waals surface area contributed by atoms with Gasteiger partial charge in [-0.05, 0) is 50.2 Å². The van der Waals surface area contributed by atoms with Crippen molar-refractivity contribution in [2.24, 2.45) is 5.16 Å². The molecule has 1 aromatic rings. The predicted octanol–water partition coefficient (Wildman–Crippen LogP) is 6.13. The number of hydrogen-bond acceptors (Lipinski definition) is 6. The number of rotatable bonds is 5. The molecule has 1 unspecified atom stereocenters. The number of carbonyl (C=O) groups excluding carboxylic acids is 1. The minimum atomic E-state index is -0.251. The van der Waals surface area contributed by atoms with Gasteiger partial charge in [0.25, 0.3) is 5.91 Å². The first kappa shape index (κ1) is 27.7. The van der Waals surface area contributed by atoms with E-state index in [2.05, 4.69) is 30.8 Å². The lowest BCUT2D eigenvalue weighted by molar-refractivity contribution is -0.137. The van der Waals surface area contributed by atoms with Crippen LogP contribution in [-0.4, -0.2) is 52.5 Å². The van der Waals surface area contributed by atoms with Crippen LogP contribution < -0.4 is 0 Å². The van der Waals surface area contributed by atoms with E-state index in [1.807, 2.05) is 12.2 Å². The molecule has 0 aromatic heterocycles. The van der Waals surface area contributed by atoms with Crippen LogP contribution in [0, 0.1) is 0 Å². The van der Waals surface area contributed by atoms with Gasteiger partial charge < -0.3 is 24.7 Å². The quantitative estimate of drug-likeness (QED) is 0.363. The van der Waals surface area contributed by atoms with Gasteiger partial charge in [-0.15, -0.1) is 0 Å². The molecule has 1 saturated heterocycles. The minimum absolute atomic E-state index is 0.0806. The van der Waals surface area contributed by atoms with Crippen LogP contribution in [0.5, 0.6) is 11.5 Å². The second-order valence-electron chi connectivity index (χ2n) is 9.20. The molecule has 1 atom stereocenters. The van der Waals surface area contributed by atoms with E-state index in [0.717, 1.165) is 64.5 Å². The Hall–Kier alpha value is -2.93. The van der Waals surface area contributed by atoms with Gasteiger partial charge >= 0.3 is 0 Å². The number of aromatic hydroxyl groups is 2. The highest BCUT2D eigenvalue weighted by Crippen LogP contribution is 2.40. The molecule has 0 bridgehead atoms. The molecule has 2 heterocycles. The summed E-state index contributed by atoms with van der Waals surface area (Å²) in [5, 5.41) is 25.3. The van der Waals surface area contributed by atoms with E-state index < -0.39 is 0 Å². The first-order valence-corrected chi connectivity index (χ1v) is 13.2. The number of fused-ring (bicyclic) bond motifs is 1. The molecule has 36 heavy (non-hydrogen) atoms. The summed E-state index contributed by atoms with van der Waals surface area (Å²) in [6.07, 6.45) is 15.3. The zero-order valence-corrected chi connectivity index (χ0v) is 21.8. The van der Waals surface area contributed by atoms with Gasteiger partial charge in [0.05, 0.1) is 16.3 Å². The molecule has 7 nitrogen and oxygen atoms in total. The summed E-state index contributed by atoms with van der Waals surface area (Å²) in [5.41, 5.74) is 1.25. The van der Waals surface area contributed by atoms with Crippen LogP contribution in [0.4, 0.5) is 0 Å². The van der Waals surface area contributed by atoms with Crippen molar-refractivity contribution < 1.29 is 24.6 Å². The molecule has 8 heteroatoms. The van der Waals surface area contributed by atoms with Crippen LogP contribution in [0.25, 0.3) is 5.76 Å². The van der Waals surface area contributed by atoms with Gasteiger partial charge in [0.1, 0.15) is 23.4 Å². The number of halogens is 1. The monoisotopic (exact) mass is 516 g/mol. The average Bonchev–Trinajstić information content (AvgIpc) is 2.86. The highest BCUT2D eigenvalue weighted by molar-refractivity contribution is 6.33. The summed E-state index contributed by atoms with van der Waals surface area (Å²) in [5.74, 6) is -0.247. The maximum absolute atomic E-state index is 12.5. The molecule has 2 N–H and O–H groups in total. The van der Waals surface area contributed by atoms with Crippen molar-refractivity contribution in [3.63, 3.8) is 0 Å². The number of benzene rings is 1. The van der Waals surface area contributed by atoms with Crippen LogP contribution in [0.2, 0.25) is 5.02 Å². The van der Waals surface area contributed by atoms with E-state index in [9.17, 15) is 15.0 Å². The number of allylic oxidation sites excluding steroid dienone is 3. The number of phenolic OH excluding ortho intramolecular Hbond substituents is 2. The zero-order chi connectivity index (χ0) is 25.9. The molecular weight excluding hydrogens is 480 g/mol. The van der Waals surface area contributed by atoms with E-state index in [1.165, 1.54) is 6.07 Å². The summed E-state index contributed by atoms with van der Waals surface area (Å²) < 4.78 is 6.17.